The first kappa shape index (κ1) is 15.6. The van der Waals surface area contributed by atoms with Crippen molar-refractivity contribution in [2.24, 2.45) is 0 Å². The minimum Gasteiger partial charge on any atom is -0.319 e. The molecule has 0 saturated heterocycles. The second-order valence-electron chi connectivity index (χ2n) is 6.46. The molecule has 0 unspecified atom stereocenters. The predicted octanol–water partition coefficient (Wildman–Crippen LogP) is 5.51. The van der Waals surface area contributed by atoms with Crippen molar-refractivity contribution in [1.29, 1.82) is 0 Å². The van der Waals surface area contributed by atoms with E-state index in [1.165, 1.54) is 23.3 Å². The van der Waals surface area contributed by atoms with Crippen molar-refractivity contribution in [2.75, 3.05) is 0 Å². The molecule has 0 spiro atoms. The summed E-state index contributed by atoms with van der Waals surface area (Å²) in [6.45, 7) is 4.87. The van der Waals surface area contributed by atoms with E-state index >= 15 is 0 Å². The number of imidazole rings is 1. The summed E-state index contributed by atoms with van der Waals surface area (Å²) >= 11 is 0. The lowest BCUT2D eigenvalue weighted by Crippen LogP contribution is -2.03. The van der Waals surface area contributed by atoms with Crippen molar-refractivity contribution in [3.8, 4) is 11.4 Å². The maximum atomic E-state index is 13.2. The predicted molar refractivity (Wildman–Crippen MR) is 100 cm³/mol. The lowest BCUT2D eigenvalue weighted by atomic mass is 10.1. The zero-order valence-electron chi connectivity index (χ0n) is 14.3. The number of halogens is 1. The lowest BCUT2D eigenvalue weighted by molar-refractivity contribution is 0.626. The first-order valence-corrected chi connectivity index (χ1v) is 8.39. The Hall–Kier alpha value is -2.94. The molecule has 0 bridgehead atoms. The average Bonchev–Trinajstić information content (AvgIpc) is 2.95. The van der Waals surface area contributed by atoms with E-state index in [0.29, 0.717) is 6.54 Å². The molecule has 4 aromatic rings. The summed E-state index contributed by atoms with van der Waals surface area (Å²) < 4.78 is 15.4. The molecule has 0 atom stereocenters. The van der Waals surface area contributed by atoms with E-state index in [0.717, 1.165) is 28.0 Å². The van der Waals surface area contributed by atoms with Crippen LogP contribution in [0.1, 0.15) is 16.7 Å². The molecule has 0 fully saturated rings. The van der Waals surface area contributed by atoms with Crippen LogP contribution in [0.3, 0.4) is 0 Å². The van der Waals surface area contributed by atoms with Gasteiger partial charge >= 0.3 is 0 Å². The van der Waals surface area contributed by atoms with Crippen LogP contribution in [0, 0.1) is 19.7 Å². The molecule has 25 heavy (non-hydrogen) atoms. The number of aryl methyl sites for hydroxylation is 2. The Kier molecular flexibility index (Phi) is 3.85. The van der Waals surface area contributed by atoms with Crippen LogP contribution in [0.15, 0.2) is 66.7 Å². The van der Waals surface area contributed by atoms with Crippen LogP contribution in [0.4, 0.5) is 4.39 Å². The molecule has 0 aliphatic rings. The molecule has 1 aromatic heterocycles. The molecule has 0 amide bonds. The van der Waals surface area contributed by atoms with E-state index in [2.05, 4.69) is 42.7 Å². The zero-order chi connectivity index (χ0) is 17.4. The number of fused-ring (bicyclic) bond motifs is 1. The molecule has 1 heterocycles. The van der Waals surface area contributed by atoms with Gasteiger partial charge in [-0.1, -0.05) is 48.0 Å². The fraction of sp³-hybridized carbons (Fsp3) is 0.136. The van der Waals surface area contributed by atoms with Crippen molar-refractivity contribution in [3.05, 3.63) is 89.2 Å². The Labute approximate surface area is 146 Å². The summed E-state index contributed by atoms with van der Waals surface area (Å²) in [5.41, 5.74) is 6.68. The van der Waals surface area contributed by atoms with Gasteiger partial charge in [0, 0.05) is 12.1 Å². The van der Waals surface area contributed by atoms with Crippen LogP contribution in [-0.4, -0.2) is 9.55 Å². The normalized spacial score (nSPS) is 11.2. The van der Waals surface area contributed by atoms with Gasteiger partial charge in [-0.2, -0.15) is 0 Å². The quantitative estimate of drug-likeness (QED) is 0.484. The molecule has 3 heteroatoms. The van der Waals surface area contributed by atoms with Crippen molar-refractivity contribution in [1.82, 2.24) is 9.55 Å². The Morgan fingerprint density at radius 3 is 2.44 bits per heavy atom. The van der Waals surface area contributed by atoms with Gasteiger partial charge in [-0.25, -0.2) is 9.37 Å². The number of hydrogen-bond donors (Lipinski definition) is 0. The highest BCUT2D eigenvalue weighted by atomic mass is 19.1. The van der Waals surface area contributed by atoms with Gasteiger partial charge in [0.2, 0.25) is 0 Å². The van der Waals surface area contributed by atoms with Crippen LogP contribution in [0.5, 0.6) is 0 Å². The number of rotatable bonds is 3. The Morgan fingerprint density at radius 1 is 0.920 bits per heavy atom. The topological polar surface area (TPSA) is 17.8 Å². The van der Waals surface area contributed by atoms with Crippen LogP contribution >= 0.6 is 0 Å². The third-order valence-electron chi connectivity index (χ3n) is 4.53. The van der Waals surface area contributed by atoms with Gasteiger partial charge in [0.1, 0.15) is 11.6 Å². The molecule has 2 nitrogen and oxygen atoms in total. The Morgan fingerprint density at radius 2 is 1.68 bits per heavy atom. The summed E-state index contributed by atoms with van der Waals surface area (Å²) in [6, 6.07) is 21.2. The van der Waals surface area contributed by atoms with E-state index in [4.69, 9.17) is 4.98 Å². The minimum absolute atomic E-state index is 0.214. The van der Waals surface area contributed by atoms with Gasteiger partial charge in [-0.15, -0.1) is 0 Å². The molecule has 0 N–H and O–H groups in total. The van der Waals surface area contributed by atoms with E-state index in [1.807, 2.05) is 30.3 Å². The van der Waals surface area contributed by atoms with Crippen LogP contribution < -0.4 is 0 Å². The fourth-order valence-electron chi connectivity index (χ4n) is 3.28. The highest BCUT2D eigenvalue weighted by Crippen LogP contribution is 2.28. The first-order chi connectivity index (χ1) is 12.1. The number of nitrogens with zero attached hydrogens (tertiary/aromatic N) is 2. The maximum Gasteiger partial charge on any atom is 0.141 e. The van der Waals surface area contributed by atoms with Gasteiger partial charge in [-0.3, -0.25) is 0 Å². The van der Waals surface area contributed by atoms with Crippen LogP contribution in [0.25, 0.3) is 22.4 Å². The molecular weight excluding hydrogens is 311 g/mol. The molecule has 4 rings (SSSR count). The standard InChI is InChI=1S/C22H19FN2/c1-15-7-12-19(16(2)13-15)22-24-20-5-3-4-6-21(20)25(22)14-17-8-10-18(23)11-9-17/h3-13H,14H2,1-2H3. The Bertz CT molecular complexity index is 1050. The highest BCUT2D eigenvalue weighted by Gasteiger charge is 2.14. The minimum atomic E-state index is -0.214. The molecule has 0 aliphatic heterocycles. The molecule has 3 aromatic carbocycles. The smallest absolute Gasteiger partial charge is 0.141 e. The largest absolute Gasteiger partial charge is 0.319 e. The number of benzene rings is 3. The fourth-order valence-corrected chi connectivity index (χ4v) is 3.28. The molecule has 0 aliphatic carbocycles. The number of para-hydroxylation sites is 2. The maximum absolute atomic E-state index is 13.2. The molecule has 124 valence electrons. The highest BCUT2D eigenvalue weighted by molar-refractivity contribution is 5.81. The summed E-state index contributed by atoms with van der Waals surface area (Å²) in [7, 11) is 0. The third kappa shape index (κ3) is 2.93. The summed E-state index contributed by atoms with van der Waals surface area (Å²) in [4.78, 5) is 4.88. The third-order valence-corrected chi connectivity index (χ3v) is 4.53. The van der Waals surface area contributed by atoms with Gasteiger partial charge in [-0.05, 0) is 49.2 Å². The van der Waals surface area contributed by atoms with Crippen molar-refractivity contribution in [3.63, 3.8) is 0 Å². The zero-order valence-corrected chi connectivity index (χ0v) is 14.3. The average molecular weight is 330 g/mol. The second kappa shape index (κ2) is 6.17. The summed E-state index contributed by atoms with van der Waals surface area (Å²) in [5.74, 6) is 0.733. The number of hydrogen-bond acceptors (Lipinski definition) is 1. The van der Waals surface area contributed by atoms with Gasteiger partial charge in [0.05, 0.1) is 11.0 Å². The van der Waals surface area contributed by atoms with Gasteiger partial charge < -0.3 is 4.57 Å². The Balaban J connectivity index is 1.90. The van der Waals surface area contributed by atoms with Crippen molar-refractivity contribution in [2.45, 2.75) is 20.4 Å². The summed E-state index contributed by atoms with van der Waals surface area (Å²) in [6.07, 6.45) is 0. The monoisotopic (exact) mass is 330 g/mol. The van der Waals surface area contributed by atoms with E-state index < -0.39 is 0 Å². The molecule has 0 saturated carbocycles. The second-order valence-corrected chi connectivity index (χ2v) is 6.46. The summed E-state index contributed by atoms with van der Waals surface area (Å²) in [5, 5.41) is 0. The first-order valence-electron chi connectivity index (χ1n) is 8.39. The van der Waals surface area contributed by atoms with Crippen molar-refractivity contribution >= 4 is 11.0 Å². The lowest BCUT2D eigenvalue weighted by Gasteiger charge is -2.12. The molecular formula is C22H19FN2. The van der Waals surface area contributed by atoms with E-state index in [1.54, 1.807) is 0 Å². The number of aromatic nitrogens is 2. The van der Waals surface area contributed by atoms with Crippen LogP contribution in [0.2, 0.25) is 0 Å². The molecule has 0 radical (unpaired) electrons. The van der Waals surface area contributed by atoms with E-state index in [-0.39, 0.29) is 5.82 Å². The van der Waals surface area contributed by atoms with Crippen LogP contribution in [-0.2, 0) is 6.54 Å². The van der Waals surface area contributed by atoms with Gasteiger partial charge in [0.25, 0.3) is 0 Å². The van der Waals surface area contributed by atoms with Gasteiger partial charge in [0.15, 0.2) is 0 Å². The van der Waals surface area contributed by atoms with E-state index in [9.17, 15) is 4.39 Å². The SMILES string of the molecule is Cc1ccc(-c2nc3ccccc3n2Cc2ccc(F)cc2)c(C)c1. The van der Waals surface area contributed by atoms with Crippen molar-refractivity contribution < 1.29 is 4.39 Å².